The van der Waals surface area contributed by atoms with Crippen LogP contribution in [-0.4, -0.2) is 24.4 Å². The summed E-state index contributed by atoms with van der Waals surface area (Å²) in [5, 5.41) is 6.25. The van der Waals surface area contributed by atoms with E-state index in [0.29, 0.717) is 27.0 Å². The average molecular weight is 502 g/mol. The normalized spacial score (nSPS) is 10.3. The molecule has 0 radical (unpaired) electrons. The molecule has 0 aliphatic rings. The van der Waals surface area contributed by atoms with Gasteiger partial charge in [-0.05, 0) is 59.1 Å². The van der Waals surface area contributed by atoms with Crippen molar-refractivity contribution in [3.05, 3.63) is 56.5 Å². The minimum absolute atomic E-state index is 0.0202. The molecule has 9 heteroatoms. The molecular weight excluding hydrogens is 483 g/mol. The molecule has 0 spiro atoms. The first-order valence-electron chi connectivity index (χ1n) is 8.72. The third-order valence-electron chi connectivity index (χ3n) is 3.91. The molecule has 0 bridgehead atoms. The van der Waals surface area contributed by atoms with Gasteiger partial charge in [0.05, 0.1) is 15.7 Å². The average Bonchev–Trinajstić information content (AvgIpc) is 2.68. The van der Waals surface area contributed by atoms with Crippen LogP contribution in [0.2, 0.25) is 10.0 Å². The van der Waals surface area contributed by atoms with E-state index in [1.807, 2.05) is 0 Å². The van der Waals surface area contributed by atoms with Crippen molar-refractivity contribution in [2.75, 3.05) is 17.2 Å². The molecule has 0 unspecified atom stereocenters. The molecule has 2 aromatic carbocycles. The fourth-order valence-electron chi connectivity index (χ4n) is 2.36. The fourth-order valence-corrected chi connectivity index (χ4v) is 3.14. The Labute approximate surface area is 187 Å². The molecule has 0 heterocycles. The van der Waals surface area contributed by atoms with Crippen LogP contribution in [0, 0.1) is 6.92 Å². The van der Waals surface area contributed by atoms with Crippen LogP contribution in [-0.2, 0) is 19.1 Å². The van der Waals surface area contributed by atoms with Crippen molar-refractivity contribution in [3.8, 4) is 0 Å². The van der Waals surface area contributed by atoms with Crippen molar-refractivity contribution in [1.82, 2.24) is 0 Å². The summed E-state index contributed by atoms with van der Waals surface area (Å²) < 4.78 is 5.66. The first-order chi connectivity index (χ1) is 13.8. The molecule has 0 aliphatic heterocycles. The maximum absolute atomic E-state index is 12.0. The number of ether oxygens (including phenoxy) is 1. The van der Waals surface area contributed by atoms with Crippen molar-refractivity contribution in [3.63, 3.8) is 0 Å². The molecule has 6 nitrogen and oxygen atoms in total. The van der Waals surface area contributed by atoms with Gasteiger partial charge in [0.25, 0.3) is 5.91 Å². The highest BCUT2D eigenvalue weighted by Gasteiger charge is 2.12. The number of hydrogen-bond acceptors (Lipinski definition) is 4. The van der Waals surface area contributed by atoms with E-state index < -0.39 is 18.5 Å². The van der Waals surface area contributed by atoms with E-state index in [2.05, 4.69) is 26.6 Å². The molecule has 2 aromatic rings. The molecular formula is C20H19BrCl2N2O4. The second-order valence-electron chi connectivity index (χ2n) is 6.12. The summed E-state index contributed by atoms with van der Waals surface area (Å²) in [6.45, 7) is 1.35. The lowest BCUT2D eigenvalue weighted by Gasteiger charge is -2.11. The van der Waals surface area contributed by atoms with E-state index in [1.54, 1.807) is 43.3 Å². The minimum atomic E-state index is -0.559. The largest absolute Gasteiger partial charge is 0.456 e. The van der Waals surface area contributed by atoms with Crippen LogP contribution >= 0.6 is 39.1 Å². The Morgan fingerprint density at radius 2 is 1.66 bits per heavy atom. The maximum Gasteiger partial charge on any atom is 0.306 e. The third-order valence-corrected chi connectivity index (χ3v) is 5.62. The summed E-state index contributed by atoms with van der Waals surface area (Å²) in [6.07, 6.45) is 0.438. The summed E-state index contributed by atoms with van der Waals surface area (Å²) in [5.74, 6) is -1.29. The number of anilines is 2. The van der Waals surface area contributed by atoms with Gasteiger partial charge in [-0.3, -0.25) is 14.4 Å². The van der Waals surface area contributed by atoms with E-state index >= 15 is 0 Å². The molecule has 0 fully saturated rings. The Morgan fingerprint density at radius 3 is 2.38 bits per heavy atom. The van der Waals surface area contributed by atoms with Gasteiger partial charge >= 0.3 is 5.97 Å². The number of carbonyl (C=O) groups is 3. The number of esters is 1. The third kappa shape index (κ3) is 7.34. The smallest absolute Gasteiger partial charge is 0.306 e. The SMILES string of the molecule is Cc1c(NC(=O)COC(=O)CCCC(=O)Nc2ccccc2Cl)ccc(Br)c1Cl. The first kappa shape index (κ1) is 23.2. The number of rotatable bonds is 8. The fraction of sp³-hybridized carbons (Fsp3) is 0.250. The first-order valence-corrected chi connectivity index (χ1v) is 10.3. The van der Waals surface area contributed by atoms with Crippen LogP contribution < -0.4 is 10.6 Å². The molecule has 0 atom stereocenters. The van der Waals surface area contributed by atoms with E-state index in [4.69, 9.17) is 27.9 Å². The Hall–Kier alpha value is -2.09. The van der Waals surface area contributed by atoms with Crippen LogP contribution in [0.1, 0.15) is 24.8 Å². The zero-order valence-electron chi connectivity index (χ0n) is 15.6. The van der Waals surface area contributed by atoms with Crippen molar-refractivity contribution in [2.24, 2.45) is 0 Å². The number of amides is 2. The Morgan fingerprint density at radius 1 is 0.966 bits per heavy atom. The van der Waals surface area contributed by atoms with Gasteiger partial charge < -0.3 is 15.4 Å². The number of benzene rings is 2. The van der Waals surface area contributed by atoms with E-state index in [9.17, 15) is 14.4 Å². The summed E-state index contributed by atoms with van der Waals surface area (Å²) >= 11 is 15.4. The molecule has 154 valence electrons. The van der Waals surface area contributed by atoms with Crippen molar-refractivity contribution >= 4 is 68.3 Å². The van der Waals surface area contributed by atoms with Gasteiger partial charge in [0.2, 0.25) is 5.91 Å². The van der Waals surface area contributed by atoms with Crippen LogP contribution in [0.5, 0.6) is 0 Å². The number of carbonyl (C=O) groups excluding carboxylic acids is 3. The maximum atomic E-state index is 12.0. The van der Waals surface area contributed by atoms with Gasteiger partial charge in [-0.1, -0.05) is 35.3 Å². The predicted octanol–water partition coefficient (Wildman–Crippen LogP) is 5.36. The molecule has 2 amide bonds. The zero-order valence-corrected chi connectivity index (χ0v) is 18.7. The number of nitrogens with one attached hydrogen (secondary N) is 2. The van der Waals surface area contributed by atoms with Gasteiger partial charge in [-0.2, -0.15) is 0 Å². The molecule has 0 aliphatic carbocycles. The molecule has 0 saturated heterocycles. The minimum Gasteiger partial charge on any atom is -0.456 e. The predicted molar refractivity (Wildman–Crippen MR) is 117 cm³/mol. The van der Waals surface area contributed by atoms with Gasteiger partial charge in [0.1, 0.15) is 0 Å². The standard InChI is InChI=1S/C20H19BrCl2N2O4/c1-12-15(10-9-13(21)20(12)23)24-18(27)11-29-19(28)8-4-7-17(26)25-16-6-3-2-5-14(16)22/h2-3,5-6,9-10H,4,7-8,11H2,1H3,(H,24,27)(H,25,26). The number of hydrogen-bond donors (Lipinski definition) is 2. The van der Waals surface area contributed by atoms with E-state index in [-0.39, 0.29) is 25.2 Å². The number of para-hydroxylation sites is 1. The van der Waals surface area contributed by atoms with Crippen molar-refractivity contribution in [2.45, 2.75) is 26.2 Å². The van der Waals surface area contributed by atoms with Gasteiger partial charge in [0, 0.05) is 23.0 Å². The summed E-state index contributed by atoms with van der Waals surface area (Å²) in [6, 6.07) is 10.3. The summed E-state index contributed by atoms with van der Waals surface area (Å²) in [5.41, 5.74) is 1.75. The lowest BCUT2D eigenvalue weighted by atomic mass is 10.2. The van der Waals surface area contributed by atoms with Crippen LogP contribution in [0.15, 0.2) is 40.9 Å². The lowest BCUT2D eigenvalue weighted by Crippen LogP contribution is -2.21. The van der Waals surface area contributed by atoms with Crippen LogP contribution in [0.25, 0.3) is 0 Å². The molecule has 2 rings (SSSR count). The Bertz CT molecular complexity index is 921. The van der Waals surface area contributed by atoms with Gasteiger partial charge in [-0.15, -0.1) is 0 Å². The van der Waals surface area contributed by atoms with Gasteiger partial charge in [0.15, 0.2) is 6.61 Å². The van der Waals surface area contributed by atoms with E-state index in [1.165, 1.54) is 0 Å². The Kier molecular flexibility index (Phi) is 8.95. The topological polar surface area (TPSA) is 84.5 Å². The zero-order chi connectivity index (χ0) is 21.4. The quantitative estimate of drug-likeness (QED) is 0.477. The highest BCUT2D eigenvalue weighted by atomic mass is 79.9. The molecule has 0 saturated carbocycles. The lowest BCUT2D eigenvalue weighted by molar-refractivity contribution is -0.147. The summed E-state index contributed by atoms with van der Waals surface area (Å²) in [7, 11) is 0. The summed E-state index contributed by atoms with van der Waals surface area (Å²) in [4.78, 5) is 35.6. The van der Waals surface area contributed by atoms with E-state index in [0.717, 1.165) is 4.47 Å². The highest BCUT2D eigenvalue weighted by Crippen LogP contribution is 2.30. The van der Waals surface area contributed by atoms with Crippen molar-refractivity contribution < 1.29 is 19.1 Å². The number of halogens is 3. The van der Waals surface area contributed by atoms with Gasteiger partial charge in [-0.25, -0.2) is 0 Å². The van der Waals surface area contributed by atoms with Crippen LogP contribution in [0.3, 0.4) is 0 Å². The molecule has 2 N–H and O–H groups in total. The molecule has 29 heavy (non-hydrogen) atoms. The van der Waals surface area contributed by atoms with Crippen LogP contribution in [0.4, 0.5) is 11.4 Å². The second kappa shape index (κ2) is 11.2. The second-order valence-corrected chi connectivity index (χ2v) is 7.76. The molecule has 0 aromatic heterocycles. The Balaban J connectivity index is 1.69. The highest BCUT2D eigenvalue weighted by molar-refractivity contribution is 9.10. The van der Waals surface area contributed by atoms with Crippen molar-refractivity contribution in [1.29, 1.82) is 0 Å². The monoisotopic (exact) mass is 500 g/mol.